The third-order valence-electron chi connectivity index (χ3n) is 1.94. The van der Waals surface area contributed by atoms with Crippen LogP contribution in [0.15, 0.2) is 11.9 Å². The van der Waals surface area contributed by atoms with Crippen molar-refractivity contribution in [3.63, 3.8) is 0 Å². The van der Waals surface area contributed by atoms with Crippen molar-refractivity contribution in [3.05, 3.63) is 11.9 Å². The molecule has 0 atom stereocenters. The van der Waals surface area contributed by atoms with E-state index in [1.54, 1.807) is 6.20 Å². The average molecular weight is 157 g/mol. The number of nitrogens with one attached hydrogen (secondary N) is 1. The monoisotopic (exact) mass is 157 g/mol. The molecular formula is C7H15N3O. The van der Waals surface area contributed by atoms with Gasteiger partial charge in [-0.05, 0) is 12.8 Å². The molecule has 0 bridgehead atoms. The standard InChI is InChI=1S/C7H15N3O/c8-7(5-10-9)6-1-3-11-4-2-6/h5-6,10H,1-4,8-9H2/b7-5-. The molecule has 5 N–H and O–H groups in total. The Hall–Kier alpha value is -0.740. The van der Waals surface area contributed by atoms with E-state index in [1.807, 2.05) is 0 Å². The molecule has 1 heterocycles. The van der Waals surface area contributed by atoms with Gasteiger partial charge in [0.05, 0.1) is 0 Å². The van der Waals surface area contributed by atoms with E-state index in [1.165, 1.54) is 0 Å². The van der Waals surface area contributed by atoms with Crippen LogP contribution in [0.3, 0.4) is 0 Å². The zero-order valence-corrected chi connectivity index (χ0v) is 6.55. The molecule has 1 rings (SSSR count). The van der Waals surface area contributed by atoms with Crippen LogP contribution in [0.4, 0.5) is 0 Å². The van der Waals surface area contributed by atoms with Gasteiger partial charge in [-0.15, -0.1) is 0 Å². The van der Waals surface area contributed by atoms with Gasteiger partial charge in [0.1, 0.15) is 0 Å². The number of rotatable bonds is 2. The minimum absolute atomic E-state index is 0.444. The summed E-state index contributed by atoms with van der Waals surface area (Å²) in [6, 6.07) is 0. The molecule has 0 unspecified atom stereocenters. The Morgan fingerprint density at radius 1 is 1.45 bits per heavy atom. The van der Waals surface area contributed by atoms with Gasteiger partial charge in [0.25, 0.3) is 0 Å². The fraction of sp³-hybridized carbons (Fsp3) is 0.714. The van der Waals surface area contributed by atoms with Crippen LogP contribution >= 0.6 is 0 Å². The maximum absolute atomic E-state index is 5.72. The Labute approximate surface area is 66.5 Å². The van der Waals surface area contributed by atoms with E-state index < -0.39 is 0 Å². The molecule has 1 aliphatic rings. The topological polar surface area (TPSA) is 73.3 Å². The highest BCUT2D eigenvalue weighted by Gasteiger charge is 2.15. The van der Waals surface area contributed by atoms with Crippen molar-refractivity contribution in [1.82, 2.24) is 5.43 Å². The fourth-order valence-electron chi connectivity index (χ4n) is 1.24. The van der Waals surface area contributed by atoms with Crippen molar-refractivity contribution < 1.29 is 4.74 Å². The van der Waals surface area contributed by atoms with Crippen molar-refractivity contribution in [3.8, 4) is 0 Å². The van der Waals surface area contributed by atoms with Crippen LogP contribution in [0, 0.1) is 5.92 Å². The van der Waals surface area contributed by atoms with E-state index in [0.29, 0.717) is 5.92 Å². The zero-order chi connectivity index (χ0) is 8.10. The molecule has 0 spiro atoms. The van der Waals surface area contributed by atoms with Gasteiger partial charge < -0.3 is 15.9 Å². The Morgan fingerprint density at radius 3 is 2.64 bits per heavy atom. The van der Waals surface area contributed by atoms with E-state index in [0.717, 1.165) is 31.8 Å². The summed E-state index contributed by atoms with van der Waals surface area (Å²) in [4.78, 5) is 0. The number of hydrogen-bond acceptors (Lipinski definition) is 4. The maximum Gasteiger partial charge on any atom is 0.0472 e. The quantitative estimate of drug-likeness (QED) is 0.379. The van der Waals surface area contributed by atoms with E-state index in [2.05, 4.69) is 5.43 Å². The molecular weight excluding hydrogens is 142 g/mol. The summed E-state index contributed by atoms with van der Waals surface area (Å²) in [6.45, 7) is 1.62. The van der Waals surface area contributed by atoms with E-state index in [4.69, 9.17) is 16.3 Å². The molecule has 0 radical (unpaired) electrons. The van der Waals surface area contributed by atoms with Crippen LogP contribution in [0.5, 0.6) is 0 Å². The Morgan fingerprint density at radius 2 is 2.09 bits per heavy atom. The number of ether oxygens (including phenoxy) is 1. The average Bonchev–Trinajstić information content (AvgIpc) is 2.07. The zero-order valence-electron chi connectivity index (χ0n) is 6.55. The highest BCUT2D eigenvalue weighted by molar-refractivity contribution is 5.00. The molecule has 64 valence electrons. The first-order chi connectivity index (χ1) is 5.34. The fourth-order valence-corrected chi connectivity index (χ4v) is 1.24. The maximum atomic E-state index is 5.72. The number of hydrogen-bond donors (Lipinski definition) is 3. The molecule has 4 heteroatoms. The van der Waals surface area contributed by atoms with Crippen molar-refractivity contribution in [2.45, 2.75) is 12.8 Å². The minimum Gasteiger partial charge on any atom is -0.401 e. The van der Waals surface area contributed by atoms with E-state index in [-0.39, 0.29) is 0 Å². The lowest BCUT2D eigenvalue weighted by Gasteiger charge is -2.22. The van der Waals surface area contributed by atoms with Gasteiger partial charge in [-0.25, -0.2) is 0 Å². The van der Waals surface area contributed by atoms with Crippen molar-refractivity contribution in [2.75, 3.05) is 13.2 Å². The van der Waals surface area contributed by atoms with Gasteiger partial charge in [-0.3, -0.25) is 5.84 Å². The summed E-state index contributed by atoms with van der Waals surface area (Å²) in [7, 11) is 0. The molecule has 0 aromatic carbocycles. The predicted molar refractivity (Wildman–Crippen MR) is 43.1 cm³/mol. The normalized spacial score (nSPS) is 21.7. The number of nitrogens with two attached hydrogens (primary N) is 2. The van der Waals surface area contributed by atoms with Gasteiger partial charge >= 0.3 is 0 Å². The van der Waals surface area contributed by atoms with Crippen molar-refractivity contribution in [1.29, 1.82) is 0 Å². The van der Waals surface area contributed by atoms with Crippen LogP contribution < -0.4 is 17.0 Å². The van der Waals surface area contributed by atoms with Crippen LogP contribution in [0.1, 0.15) is 12.8 Å². The Bertz CT molecular complexity index is 141. The molecule has 0 aliphatic carbocycles. The van der Waals surface area contributed by atoms with Crippen LogP contribution in [-0.2, 0) is 4.74 Å². The third-order valence-corrected chi connectivity index (χ3v) is 1.94. The third kappa shape index (κ3) is 2.40. The van der Waals surface area contributed by atoms with Crippen LogP contribution in [-0.4, -0.2) is 13.2 Å². The van der Waals surface area contributed by atoms with Gasteiger partial charge in [0, 0.05) is 31.0 Å². The summed E-state index contributed by atoms with van der Waals surface area (Å²) in [5.41, 5.74) is 8.99. The largest absolute Gasteiger partial charge is 0.401 e. The van der Waals surface area contributed by atoms with Crippen LogP contribution in [0.2, 0.25) is 0 Å². The minimum atomic E-state index is 0.444. The Kier molecular flexibility index (Phi) is 3.19. The van der Waals surface area contributed by atoms with Gasteiger partial charge in [0.15, 0.2) is 0 Å². The number of hydrazine groups is 1. The summed E-state index contributed by atoms with van der Waals surface area (Å²) in [5, 5.41) is 0. The lowest BCUT2D eigenvalue weighted by Crippen LogP contribution is -2.25. The molecule has 1 aliphatic heterocycles. The highest BCUT2D eigenvalue weighted by atomic mass is 16.5. The lowest BCUT2D eigenvalue weighted by atomic mass is 9.97. The summed E-state index contributed by atoms with van der Waals surface area (Å²) < 4.78 is 5.19. The second-order valence-corrected chi connectivity index (χ2v) is 2.70. The molecule has 0 amide bonds. The van der Waals surface area contributed by atoms with Crippen molar-refractivity contribution in [2.24, 2.45) is 17.5 Å². The summed E-state index contributed by atoms with van der Waals surface area (Å²) in [5.74, 6) is 5.54. The molecule has 11 heavy (non-hydrogen) atoms. The Balaban J connectivity index is 2.38. The SMILES string of the molecule is NN/C=C(\N)C1CCOCC1. The smallest absolute Gasteiger partial charge is 0.0472 e. The molecule has 0 saturated carbocycles. The molecule has 0 aromatic rings. The molecule has 1 saturated heterocycles. The first-order valence-corrected chi connectivity index (χ1v) is 3.84. The van der Waals surface area contributed by atoms with Crippen LogP contribution in [0.25, 0.3) is 0 Å². The predicted octanol–water partition coefficient (Wildman–Crippen LogP) is -0.324. The molecule has 4 nitrogen and oxygen atoms in total. The van der Waals surface area contributed by atoms with Gasteiger partial charge in [0.2, 0.25) is 0 Å². The number of allylic oxidation sites excluding steroid dienone is 1. The molecule has 0 aromatic heterocycles. The molecule has 1 fully saturated rings. The summed E-state index contributed by atoms with van der Waals surface area (Å²) >= 11 is 0. The van der Waals surface area contributed by atoms with E-state index in [9.17, 15) is 0 Å². The van der Waals surface area contributed by atoms with E-state index >= 15 is 0 Å². The second-order valence-electron chi connectivity index (χ2n) is 2.70. The van der Waals surface area contributed by atoms with Crippen molar-refractivity contribution >= 4 is 0 Å². The first-order valence-electron chi connectivity index (χ1n) is 3.84. The highest BCUT2D eigenvalue weighted by Crippen LogP contribution is 2.18. The summed E-state index contributed by atoms with van der Waals surface area (Å²) in [6.07, 6.45) is 3.66. The first kappa shape index (κ1) is 8.36. The lowest BCUT2D eigenvalue weighted by molar-refractivity contribution is 0.0753. The second kappa shape index (κ2) is 4.20. The van der Waals surface area contributed by atoms with Gasteiger partial charge in [-0.2, -0.15) is 0 Å². The van der Waals surface area contributed by atoms with Gasteiger partial charge in [-0.1, -0.05) is 0 Å².